The van der Waals surface area contributed by atoms with Gasteiger partial charge in [-0.1, -0.05) is 30.3 Å². The number of likely N-dealkylation sites (N-methyl/N-ethyl adjacent to an activating group) is 1. The average molecular weight is 293 g/mol. The van der Waals surface area contributed by atoms with Crippen molar-refractivity contribution in [2.45, 2.75) is 19.5 Å². The number of hydrogen-bond donors (Lipinski definition) is 2. The van der Waals surface area contributed by atoms with Gasteiger partial charge in [0, 0.05) is 32.8 Å². The summed E-state index contributed by atoms with van der Waals surface area (Å²) < 4.78 is 4.91. The second-order valence-corrected chi connectivity index (χ2v) is 5.32. The Balaban J connectivity index is 2.20. The lowest BCUT2D eigenvalue weighted by atomic mass is 10.2. The van der Waals surface area contributed by atoms with Crippen LogP contribution in [-0.4, -0.2) is 57.2 Å². The summed E-state index contributed by atoms with van der Waals surface area (Å²) in [6, 6.07) is 10.4. The quantitative estimate of drug-likeness (QED) is 0.628. The fourth-order valence-corrected chi connectivity index (χ4v) is 2.17. The summed E-state index contributed by atoms with van der Waals surface area (Å²) in [6.07, 6.45) is 0. The largest absolute Gasteiger partial charge is 0.383 e. The van der Waals surface area contributed by atoms with Crippen molar-refractivity contribution in [1.82, 2.24) is 15.5 Å². The van der Waals surface area contributed by atoms with E-state index in [9.17, 15) is 4.79 Å². The molecule has 0 fully saturated rings. The van der Waals surface area contributed by atoms with E-state index in [1.54, 1.807) is 7.11 Å². The topological polar surface area (TPSA) is 53.6 Å². The molecule has 1 rings (SSSR count). The Bertz CT molecular complexity index is 398. The zero-order valence-corrected chi connectivity index (χ0v) is 13.3. The minimum Gasteiger partial charge on any atom is -0.383 e. The Labute approximate surface area is 127 Å². The van der Waals surface area contributed by atoms with Crippen LogP contribution >= 0.6 is 0 Å². The van der Waals surface area contributed by atoms with Crippen molar-refractivity contribution in [3.8, 4) is 0 Å². The highest BCUT2D eigenvalue weighted by Gasteiger charge is 2.09. The van der Waals surface area contributed by atoms with Crippen LogP contribution in [-0.2, 0) is 16.1 Å². The van der Waals surface area contributed by atoms with E-state index in [1.165, 1.54) is 5.56 Å². The molecule has 5 heteroatoms. The Hall–Kier alpha value is -1.43. The first kappa shape index (κ1) is 17.6. The van der Waals surface area contributed by atoms with Crippen molar-refractivity contribution in [3.05, 3.63) is 35.9 Å². The standard InChI is InChI=1S/C16H27N3O2/c1-14(18-16(20)11-17-9-10-21-3)12-19(2)13-15-7-5-4-6-8-15/h4-8,14,17H,9-13H2,1-3H3,(H,18,20). The van der Waals surface area contributed by atoms with Gasteiger partial charge in [-0.05, 0) is 19.5 Å². The number of methoxy groups -OCH3 is 1. The molecule has 0 bridgehead atoms. The van der Waals surface area contributed by atoms with Crippen LogP contribution in [0.25, 0.3) is 0 Å². The molecule has 0 saturated heterocycles. The lowest BCUT2D eigenvalue weighted by Gasteiger charge is -2.22. The van der Waals surface area contributed by atoms with E-state index in [-0.39, 0.29) is 11.9 Å². The molecule has 0 radical (unpaired) electrons. The Morgan fingerprint density at radius 1 is 1.33 bits per heavy atom. The van der Waals surface area contributed by atoms with Gasteiger partial charge in [0.05, 0.1) is 13.2 Å². The number of benzene rings is 1. The third-order valence-corrected chi connectivity index (χ3v) is 3.06. The van der Waals surface area contributed by atoms with Crippen LogP contribution < -0.4 is 10.6 Å². The minimum absolute atomic E-state index is 0.0201. The van der Waals surface area contributed by atoms with Gasteiger partial charge in [0.25, 0.3) is 0 Å². The molecule has 1 atom stereocenters. The molecule has 2 N–H and O–H groups in total. The number of nitrogens with zero attached hydrogens (tertiary/aromatic N) is 1. The molecule has 0 saturated carbocycles. The lowest BCUT2D eigenvalue weighted by molar-refractivity contribution is -0.120. The van der Waals surface area contributed by atoms with Gasteiger partial charge in [-0.25, -0.2) is 0 Å². The summed E-state index contributed by atoms with van der Waals surface area (Å²) in [5, 5.41) is 6.02. The molecular formula is C16H27N3O2. The fourth-order valence-electron chi connectivity index (χ4n) is 2.17. The van der Waals surface area contributed by atoms with Crippen LogP contribution in [0.1, 0.15) is 12.5 Å². The molecule has 0 spiro atoms. The van der Waals surface area contributed by atoms with Crippen molar-refractivity contribution in [3.63, 3.8) is 0 Å². The molecule has 1 amide bonds. The van der Waals surface area contributed by atoms with Gasteiger partial charge in [-0.3, -0.25) is 4.79 Å². The molecule has 1 unspecified atom stereocenters. The zero-order valence-electron chi connectivity index (χ0n) is 13.3. The molecule has 0 aliphatic carbocycles. The number of rotatable bonds is 10. The third-order valence-electron chi connectivity index (χ3n) is 3.06. The monoisotopic (exact) mass is 293 g/mol. The van der Waals surface area contributed by atoms with Crippen molar-refractivity contribution >= 4 is 5.91 Å². The molecule has 1 aromatic carbocycles. The Kier molecular flexibility index (Phi) is 8.66. The highest BCUT2D eigenvalue weighted by Crippen LogP contribution is 2.02. The van der Waals surface area contributed by atoms with E-state index in [0.717, 1.165) is 13.1 Å². The average Bonchev–Trinajstić information content (AvgIpc) is 2.44. The molecule has 21 heavy (non-hydrogen) atoms. The SMILES string of the molecule is COCCNCC(=O)NC(C)CN(C)Cc1ccccc1. The van der Waals surface area contributed by atoms with Gasteiger partial charge in [0.1, 0.15) is 0 Å². The van der Waals surface area contributed by atoms with E-state index in [0.29, 0.717) is 19.7 Å². The molecular weight excluding hydrogens is 266 g/mol. The minimum atomic E-state index is 0.0201. The number of nitrogens with one attached hydrogen (secondary N) is 2. The second kappa shape index (κ2) is 10.3. The normalized spacial score (nSPS) is 12.4. The highest BCUT2D eigenvalue weighted by molar-refractivity contribution is 5.78. The lowest BCUT2D eigenvalue weighted by Crippen LogP contribution is -2.44. The Morgan fingerprint density at radius 2 is 2.05 bits per heavy atom. The molecule has 0 aromatic heterocycles. The third kappa shape index (κ3) is 8.45. The van der Waals surface area contributed by atoms with Crippen LogP contribution in [0.4, 0.5) is 0 Å². The maximum atomic E-state index is 11.7. The van der Waals surface area contributed by atoms with Crippen LogP contribution in [0.5, 0.6) is 0 Å². The predicted molar refractivity (Wildman–Crippen MR) is 85.1 cm³/mol. The van der Waals surface area contributed by atoms with Gasteiger partial charge in [0.15, 0.2) is 0 Å². The van der Waals surface area contributed by atoms with E-state index < -0.39 is 0 Å². The molecule has 5 nitrogen and oxygen atoms in total. The first-order valence-electron chi connectivity index (χ1n) is 7.33. The van der Waals surface area contributed by atoms with Crippen molar-refractivity contribution in [1.29, 1.82) is 0 Å². The number of carbonyl (C=O) groups excluding carboxylic acids is 1. The summed E-state index contributed by atoms with van der Waals surface area (Å²) in [6.45, 7) is 5.35. The summed E-state index contributed by atoms with van der Waals surface area (Å²) in [5.41, 5.74) is 1.28. The molecule has 0 aliphatic heterocycles. The van der Waals surface area contributed by atoms with E-state index in [1.807, 2.05) is 25.1 Å². The van der Waals surface area contributed by atoms with Crippen LogP contribution in [0.15, 0.2) is 30.3 Å². The maximum absolute atomic E-state index is 11.7. The first-order chi connectivity index (χ1) is 10.1. The summed E-state index contributed by atoms with van der Waals surface area (Å²) in [4.78, 5) is 13.9. The van der Waals surface area contributed by atoms with Gasteiger partial charge in [-0.2, -0.15) is 0 Å². The molecule has 0 heterocycles. The smallest absolute Gasteiger partial charge is 0.234 e. The van der Waals surface area contributed by atoms with Gasteiger partial charge >= 0.3 is 0 Å². The summed E-state index contributed by atoms with van der Waals surface area (Å²) >= 11 is 0. The highest BCUT2D eigenvalue weighted by atomic mass is 16.5. The number of amides is 1. The van der Waals surface area contributed by atoms with Crippen LogP contribution in [0.3, 0.4) is 0 Å². The van der Waals surface area contributed by atoms with E-state index >= 15 is 0 Å². The first-order valence-corrected chi connectivity index (χ1v) is 7.33. The molecule has 1 aromatic rings. The second-order valence-electron chi connectivity index (χ2n) is 5.32. The number of carbonyl (C=O) groups is 1. The van der Waals surface area contributed by atoms with Crippen molar-refractivity contribution in [2.24, 2.45) is 0 Å². The van der Waals surface area contributed by atoms with Crippen molar-refractivity contribution < 1.29 is 9.53 Å². The fraction of sp³-hybridized carbons (Fsp3) is 0.562. The van der Waals surface area contributed by atoms with Gasteiger partial charge in [-0.15, -0.1) is 0 Å². The van der Waals surface area contributed by atoms with E-state index in [2.05, 4.69) is 34.7 Å². The van der Waals surface area contributed by atoms with Gasteiger partial charge in [0.2, 0.25) is 5.91 Å². The summed E-state index contributed by atoms with van der Waals surface area (Å²) in [5.74, 6) is 0.0201. The van der Waals surface area contributed by atoms with Crippen LogP contribution in [0, 0.1) is 0 Å². The predicted octanol–water partition coefficient (Wildman–Crippen LogP) is 0.859. The number of hydrogen-bond acceptors (Lipinski definition) is 4. The maximum Gasteiger partial charge on any atom is 0.234 e. The van der Waals surface area contributed by atoms with E-state index in [4.69, 9.17) is 4.74 Å². The Morgan fingerprint density at radius 3 is 2.71 bits per heavy atom. The molecule has 0 aliphatic rings. The van der Waals surface area contributed by atoms with Crippen LogP contribution in [0.2, 0.25) is 0 Å². The zero-order chi connectivity index (χ0) is 15.5. The number of ether oxygens (including phenoxy) is 1. The molecule has 118 valence electrons. The van der Waals surface area contributed by atoms with Crippen molar-refractivity contribution in [2.75, 3.05) is 40.4 Å². The summed E-state index contributed by atoms with van der Waals surface area (Å²) in [7, 11) is 3.71. The van der Waals surface area contributed by atoms with Gasteiger partial charge < -0.3 is 20.3 Å².